The minimum atomic E-state index is -0.500. The van der Waals surface area contributed by atoms with Crippen molar-refractivity contribution < 1.29 is 18.7 Å². The standard InChI is InChI=1S/C28H39FN2O3/c1-17(2)25-24-15-20-14-21(29)10-11-22(20)23(24)12-13-31(25)26(32)19-8-6-18(7-9-19)16-30-27(33)34-28(3,4)5/h10-11,14,17-19,25H,6-9,12-13,15-16H2,1-5H3,(H,30,33). The zero-order valence-electron chi connectivity index (χ0n) is 21.2. The molecule has 1 N–H and O–H groups in total. The van der Waals surface area contributed by atoms with Crippen molar-refractivity contribution in [2.45, 2.75) is 84.8 Å². The molecule has 4 rings (SSSR count). The van der Waals surface area contributed by atoms with Gasteiger partial charge in [-0.25, -0.2) is 9.18 Å². The monoisotopic (exact) mass is 470 g/mol. The number of hydrogen-bond acceptors (Lipinski definition) is 3. The number of fused-ring (bicyclic) bond motifs is 2. The first-order chi connectivity index (χ1) is 16.0. The largest absolute Gasteiger partial charge is 0.444 e. The first-order valence-corrected chi connectivity index (χ1v) is 12.8. The molecule has 186 valence electrons. The zero-order valence-corrected chi connectivity index (χ0v) is 21.2. The Morgan fingerprint density at radius 3 is 2.53 bits per heavy atom. The van der Waals surface area contributed by atoms with E-state index in [0.29, 0.717) is 18.4 Å². The van der Waals surface area contributed by atoms with E-state index in [0.717, 1.165) is 50.6 Å². The number of nitrogens with one attached hydrogen (secondary N) is 1. The molecule has 1 aromatic rings. The Bertz CT molecular complexity index is 970. The summed E-state index contributed by atoms with van der Waals surface area (Å²) in [6, 6.07) is 5.20. The second-order valence-electron chi connectivity index (χ2n) is 11.6. The molecule has 0 bridgehead atoms. The average molecular weight is 471 g/mol. The highest BCUT2D eigenvalue weighted by Crippen LogP contribution is 2.44. The van der Waals surface area contributed by atoms with Gasteiger partial charge < -0.3 is 15.0 Å². The number of carbonyl (C=O) groups excluding carboxylic acids is 2. The van der Waals surface area contributed by atoms with Crippen molar-refractivity contribution in [1.82, 2.24) is 10.2 Å². The number of nitrogens with zero attached hydrogens (tertiary/aromatic N) is 1. The van der Waals surface area contributed by atoms with E-state index in [1.807, 2.05) is 26.8 Å². The van der Waals surface area contributed by atoms with Gasteiger partial charge in [0.2, 0.25) is 5.91 Å². The number of halogens is 1. The predicted octanol–water partition coefficient (Wildman–Crippen LogP) is 5.72. The summed E-state index contributed by atoms with van der Waals surface area (Å²) in [4.78, 5) is 27.7. The van der Waals surface area contributed by atoms with Gasteiger partial charge in [-0.1, -0.05) is 19.9 Å². The molecule has 1 saturated carbocycles. The summed E-state index contributed by atoms with van der Waals surface area (Å²) < 4.78 is 19.2. The third-order valence-corrected chi connectivity index (χ3v) is 7.50. The van der Waals surface area contributed by atoms with Gasteiger partial charge in [0.15, 0.2) is 0 Å². The van der Waals surface area contributed by atoms with Crippen molar-refractivity contribution in [3.63, 3.8) is 0 Å². The van der Waals surface area contributed by atoms with E-state index in [4.69, 9.17) is 4.74 Å². The Morgan fingerprint density at radius 1 is 1.18 bits per heavy atom. The molecule has 1 atom stereocenters. The first-order valence-electron chi connectivity index (χ1n) is 12.8. The molecule has 2 aliphatic carbocycles. The third kappa shape index (κ3) is 5.31. The van der Waals surface area contributed by atoms with E-state index in [1.165, 1.54) is 16.7 Å². The summed E-state index contributed by atoms with van der Waals surface area (Å²) in [5.41, 5.74) is 4.37. The van der Waals surface area contributed by atoms with Crippen molar-refractivity contribution in [3.8, 4) is 0 Å². The SMILES string of the molecule is CC(C)C1C2=C(CCN1C(=O)C1CCC(CNC(=O)OC(C)(C)C)CC1)c1ccc(F)cc1C2. The van der Waals surface area contributed by atoms with Crippen LogP contribution in [0.5, 0.6) is 0 Å². The number of ether oxygens (including phenoxy) is 1. The van der Waals surface area contributed by atoms with E-state index in [2.05, 4.69) is 24.1 Å². The average Bonchev–Trinajstić information content (AvgIpc) is 3.12. The molecule has 1 heterocycles. The summed E-state index contributed by atoms with van der Waals surface area (Å²) >= 11 is 0. The fourth-order valence-electron chi connectivity index (χ4n) is 6.02. The fraction of sp³-hybridized carbons (Fsp3) is 0.643. The van der Waals surface area contributed by atoms with Gasteiger partial charge in [-0.05, 0) is 106 Å². The Labute approximate surface area is 203 Å². The molecule has 1 fully saturated rings. The molecule has 5 nitrogen and oxygen atoms in total. The summed E-state index contributed by atoms with van der Waals surface area (Å²) in [6.07, 6.45) is 4.81. The van der Waals surface area contributed by atoms with Crippen LogP contribution in [0.15, 0.2) is 23.8 Å². The van der Waals surface area contributed by atoms with Crippen LogP contribution in [-0.4, -0.2) is 41.6 Å². The first kappa shape index (κ1) is 24.7. The summed E-state index contributed by atoms with van der Waals surface area (Å²) in [5.74, 6) is 0.814. The Balaban J connectivity index is 1.36. The smallest absolute Gasteiger partial charge is 0.407 e. The molecule has 34 heavy (non-hydrogen) atoms. The molecular formula is C28H39FN2O3. The van der Waals surface area contributed by atoms with Gasteiger partial charge in [0.25, 0.3) is 0 Å². The van der Waals surface area contributed by atoms with Crippen LogP contribution in [0.25, 0.3) is 5.57 Å². The minimum absolute atomic E-state index is 0.0439. The summed E-state index contributed by atoms with van der Waals surface area (Å²) in [7, 11) is 0. The number of alkyl carbamates (subject to hydrolysis) is 1. The topological polar surface area (TPSA) is 58.6 Å². The van der Waals surface area contributed by atoms with Crippen LogP contribution >= 0.6 is 0 Å². The molecule has 0 radical (unpaired) electrons. The maximum atomic E-state index is 13.8. The van der Waals surface area contributed by atoms with Crippen LogP contribution < -0.4 is 5.32 Å². The molecule has 1 aliphatic heterocycles. The van der Waals surface area contributed by atoms with Crippen molar-refractivity contribution in [1.29, 1.82) is 0 Å². The molecular weight excluding hydrogens is 431 g/mol. The summed E-state index contributed by atoms with van der Waals surface area (Å²) in [6.45, 7) is 11.3. The molecule has 2 amide bonds. The van der Waals surface area contributed by atoms with Crippen molar-refractivity contribution in [2.24, 2.45) is 17.8 Å². The summed E-state index contributed by atoms with van der Waals surface area (Å²) in [5, 5.41) is 2.89. The molecule has 0 aromatic heterocycles. The lowest BCUT2D eigenvalue weighted by molar-refractivity contribution is -0.139. The van der Waals surface area contributed by atoms with Crippen LogP contribution in [-0.2, 0) is 16.0 Å². The number of rotatable bonds is 4. The lowest BCUT2D eigenvalue weighted by Crippen LogP contribution is -2.50. The minimum Gasteiger partial charge on any atom is -0.444 e. The maximum absolute atomic E-state index is 13.8. The van der Waals surface area contributed by atoms with Gasteiger partial charge in [0, 0.05) is 19.0 Å². The van der Waals surface area contributed by atoms with Crippen LogP contribution in [0.4, 0.5) is 9.18 Å². The second kappa shape index (κ2) is 9.71. The normalized spacial score (nSPS) is 24.7. The highest BCUT2D eigenvalue weighted by molar-refractivity contribution is 5.84. The lowest BCUT2D eigenvalue weighted by atomic mass is 9.79. The van der Waals surface area contributed by atoms with Gasteiger partial charge in [0.1, 0.15) is 11.4 Å². The third-order valence-electron chi connectivity index (χ3n) is 7.50. The molecule has 0 saturated heterocycles. The van der Waals surface area contributed by atoms with Crippen LogP contribution in [0.3, 0.4) is 0 Å². The van der Waals surface area contributed by atoms with Gasteiger partial charge in [0.05, 0.1) is 6.04 Å². The van der Waals surface area contributed by atoms with Crippen molar-refractivity contribution in [2.75, 3.05) is 13.1 Å². The molecule has 1 aromatic carbocycles. The van der Waals surface area contributed by atoms with Crippen LogP contribution in [0.1, 0.15) is 77.8 Å². The Morgan fingerprint density at radius 2 is 1.88 bits per heavy atom. The molecule has 3 aliphatic rings. The zero-order chi connectivity index (χ0) is 24.6. The molecule has 1 unspecified atom stereocenters. The van der Waals surface area contributed by atoms with Crippen molar-refractivity contribution >= 4 is 17.6 Å². The quantitative estimate of drug-likeness (QED) is 0.612. The van der Waals surface area contributed by atoms with E-state index < -0.39 is 5.60 Å². The van der Waals surface area contributed by atoms with Gasteiger partial charge in [-0.3, -0.25) is 4.79 Å². The number of carbonyl (C=O) groups is 2. The maximum Gasteiger partial charge on any atom is 0.407 e. The van der Waals surface area contributed by atoms with E-state index in [-0.39, 0.29) is 29.8 Å². The van der Waals surface area contributed by atoms with Gasteiger partial charge >= 0.3 is 6.09 Å². The van der Waals surface area contributed by atoms with E-state index in [9.17, 15) is 14.0 Å². The number of benzene rings is 1. The lowest BCUT2D eigenvalue weighted by Gasteiger charge is -2.42. The Kier molecular flexibility index (Phi) is 7.07. The number of hydrogen-bond donors (Lipinski definition) is 1. The Hall–Kier alpha value is -2.37. The number of amides is 2. The van der Waals surface area contributed by atoms with Gasteiger partial charge in [-0.2, -0.15) is 0 Å². The second-order valence-corrected chi connectivity index (χ2v) is 11.6. The highest BCUT2D eigenvalue weighted by Gasteiger charge is 2.40. The highest BCUT2D eigenvalue weighted by atomic mass is 19.1. The molecule has 0 spiro atoms. The molecule has 6 heteroatoms. The van der Waals surface area contributed by atoms with Crippen LogP contribution in [0.2, 0.25) is 0 Å². The van der Waals surface area contributed by atoms with Crippen molar-refractivity contribution in [3.05, 3.63) is 40.7 Å². The van der Waals surface area contributed by atoms with Gasteiger partial charge in [-0.15, -0.1) is 0 Å². The van der Waals surface area contributed by atoms with E-state index in [1.54, 1.807) is 12.1 Å². The fourth-order valence-corrected chi connectivity index (χ4v) is 6.02. The van der Waals surface area contributed by atoms with E-state index >= 15 is 0 Å². The van der Waals surface area contributed by atoms with Crippen LogP contribution in [0, 0.1) is 23.6 Å². The predicted molar refractivity (Wildman–Crippen MR) is 132 cm³/mol.